The zero-order valence-corrected chi connectivity index (χ0v) is 11.8. The summed E-state index contributed by atoms with van der Waals surface area (Å²) >= 11 is 3.33. The fourth-order valence-corrected chi connectivity index (χ4v) is 2.38. The van der Waals surface area contributed by atoms with Crippen LogP contribution in [0.1, 0.15) is 12.8 Å². The Bertz CT molecular complexity index is 445. The van der Waals surface area contributed by atoms with Crippen molar-refractivity contribution in [3.05, 3.63) is 10.7 Å². The average molecular weight is 314 g/mol. The molecule has 1 aromatic heterocycles. The molecule has 2 rings (SSSR count). The fourth-order valence-electron chi connectivity index (χ4n) is 2.03. The summed E-state index contributed by atoms with van der Waals surface area (Å²) in [5.41, 5.74) is 5.52. The van der Waals surface area contributed by atoms with Crippen LogP contribution in [0.2, 0.25) is 0 Å². The molecular weight excluding hydrogens is 298 g/mol. The average Bonchev–Trinajstić information content (AvgIpc) is 2.39. The maximum Gasteiger partial charge on any atom is 0.232 e. The first kappa shape index (κ1) is 13.1. The molecule has 1 aromatic rings. The number of ether oxygens (including phenoxy) is 1. The van der Waals surface area contributed by atoms with Gasteiger partial charge in [0.25, 0.3) is 0 Å². The third-order valence-electron chi connectivity index (χ3n) is 3.11. The van der Waals surface area contributed by atoms with Gasteiger partial charge in [0.15, 0.2) is 0 Å². The number of anilines is 1. The smallest absolute Gasteiger partial charge is 0.232 e. The molecule has 1 fully saturated rings. The molecule has 0 spiro atoms. The van der Waals surface area contributed by atoms with Gasteiger partial charge in [-0.25, -0.2) is 4.98 Å². The summed E-state index contributed by atoms with van der Waals surface area (Å²) in [5.74, 6) is 1.67. The molecule has 98 valence electrons. The molecule has 7 heteroatoms. The van der Waals surface area contributed by atoms with E-state index in [1.54, 1.807) is 13.3 Å². The Balaban J connectivity index is 2.07. The van der Waals surface area contributed by atoms with E-state index in [0.717, 1.165) is 30.4 Å². The van der Waals surface area contributed by atoms with Gasteiger partial charge in [-0.1, -0.05) is 0 Å². The van der Waals surface area contributed by atoms with E-state index in [1.807, 2.05) is 0 Å². The van der Waals surface area contributed by atoms with Gasteiger partial charge in [0.05, 0.1) is 23.6 Å². The molecule has 0 radical (unpaired) electrons. The van der Waals surface area contributed by atoms with Crippen LogP contribution in [0.25, 0.3) is 0 Å². The molecule has 0 atom stereocenters. The van der Waals surface area contributed by atoms with Crippen LogP contribution in [0, 0.1) is 11.3 Å². The highest BCUT2D eigenvalue weighted by molar-refractivity contribution is 9.10. The largest absolute Gasteiger partial charge is 0.480 e. The summed E-state index contributed by atoms with van der Waals surface area (Å²) in [6.07, 6.45) is 3.44. The number of halogens is 1. The van der Waals surface area contributed by atoms with Gasteiger partial charge >= 0.3 is 0 Å². The Morgan fingerprint density at radius 3 is 2.78 bits per heavy atom. The van der Waals surface area contributed by atoms with Gasteiger partial charge < -0.3 is 15.4 Å². The van der Waals surface area contributed by atoms with Crippen LogP contribution >= 0.6 is 15.9 Å². The third-order valence-corrected chi connectivity index (χ3v) is 3.65. The number of nitrogens with two attached hydrogens (primary N) is 1. The van der Waals surface area contributed by atoms with Crippen molar-refractivity contribution in [2.75, 3.05) is 25.1 Å². The molecule has 0 aromatic carbocycles. The van der Waals surface area contributed by atoms with Gasteiger partial charge in [0.2, 0.25) is 11.8 Å². The van der Waals surface area contributed by atoms with Gasteiger partial charge in [-0.3, -0.25) is 5.41 Å². The van der Waals surface area contributed by atoms with Crippen molar-refractivity contribution in [2.45, 2.75) is 12.8 Å². The minimum absolute atomic E-state index is 0.193. The first-order valence-electron chi connectivity index (χ1n) is 5.77. The van der Waals surface area contributed by atoms with E-state index in [0.29, 0.717) is 11.8 Å². The van der Waals surface area contributed by atoms with Crippen molar-refractivity contribution >= 4 is 27.7 Å². The Hall–Kier alpha value is -1.37. The second-order valence-electron chi connectivity index (χ2n) is 4.24. The highest BCUT2D eigenvalue weighted by Crippen LogP contribution is 2.26. The molecule has 6 nitrogen and oxygen atoms in total. The Morgan fingerprint density at radius 1 is 1.56 bits per heavy atom. The Labute approximate surface area is 114 Å². The topological polar surface area (TPSA) is 88.1 Å². The fraction of sp³-hybridized carbons (Fsp3) is 0.545. The summed E-state index contributed by atoms with van der Waals surface area (Å²) in [6, 6.07) is 0. The lowest BCUT2D eigenvalue weighted by atomic mass is 9.96. The number of hydrogen-bond donors (Lipinski definition) is 2. The monoisotopic (exact) mass is 313 g/mol. The number of hydrogen-bond acceptors (Lipinski definition) is 5. The predicted octanol–water partition coefficient (Wildman–Crippen LogP) is 1.40. The van der Waals surface area contributed by atoms with Crippen LogP contribution in [-0.4, -0.2) is 36.0 Å². The lowest BCUT2D eigenvalue weighted by molar-refractivity contribution is 0.392. The van der Waals surface area contributed by atoms with Crippen LogP contribution in [0.15, 0.2) is 10.7 Å². The summed E-state index contributed by atoms with van der Waals surface area (Å²) in [6.45, 7) is 1.63. The number of piperidine rings is 1. The minimum atomic E-state index is 0.193. The van der Waals surface area contributed by atoms with Crippen molar-refractivity contribution < 1.29 is 4.74 Å². The molecule has 0 aliphatic carbocycles. The highest BCUT2D eigenvalue weighted by Gasteiger charge is 2.23. The van der Waals surface area contributed by atoms with Crippen LogP contribution in [0.4, 0.5) is 5.95 Å². The molecule has 1 saturated heterocycles. The molecule has 0 bridgehead atoms. The van der Waals surface area contributed by atoms with Crippen LogP contribution in [0.5, 0.6) is 5.88 Å². The summed E-state index contributed by atoms with van der Waals surface area (Å²) < 4.78 is 5.90. The predicted molar refractivity (Wildman–Crippen MR) is 73.1 cm³/mol. The summed E-state index contributed by atoms with van der Waals surface area (Å²) in [7, 11) is 1.58. The third kappa shape index (κ3) is 2.72. The first-order chi connectivity index (χ1) is 8.61. The number of aromatic nitrogens is 2. The number of rotatable bonds is 3. The lowest BCUT2D eigenvalue weighted by Gasteiger charge is -2.31. The second-order valence-corrected chi connectivity index (χ2v) is 5.10. The summed E-state index contributed by atoms with van der Waals surface area (Å²) in [5, 5.41) is 7.45. The second kappa shape index (κ2) is 5.51. The molecule has 18 heavy (non-hydrogen) atoms. The molecule has 1 aliphatic heterocycles. The van der Waals surface area contributed by atoms with Gasteiger partial charge in [-0.15, -0.1) is 0 Å². The SMILES string of the molecule is COc1nc(N2CCC(C(=N)N)CC2)ncc1Br. The van der Waals surface area contributed by atoms with Crippen molar-refractivity contribution in [2.24, 2.45) is 11.7 Å². The van der Waals surface area contributed by atoms with Crippen LogP contribution < -0.4 is 15.4 Å². The van der Waals surface area contributed by atoms with Crippen LogP contribution in [0.3, 0.4) is 0 Å². The maximum atomic E-state index is 7.45. The van der Waals surface area contributed by atoms with Crippen molar-refractivity contribution in [1.29, 1.82) is 5.41 Å². The van der Waals surface area contributed by atoms with E-state index in [1.165, 1.54) is 0 Å². The zero-order valence-electron chi connectivity index (χ0n) is 10.2. The minimum Gasteiger partial charge on any atom is -0.480 e. The molecule has 0 unspecified atom stereocenters. The maximum absolute atomic E-state index is 7.45. The quantitative estimate of drug-likeness (QED) is 0.650. The Morgan fingerprint density at radius 2 is 2.22 bits per heavy atom. The molecule has 2 heterocycles. The van der Waals surface area contributed by atoms with Crippen molar-refractivity contribution in [3.63, 3.8) is 0 Å². The van der Waals surface area contributed by atoms with E-state index in [2.05, 4.69) is 30.8 Å². The van der Waals surface area contributed by atoms with Gasteiger partial charge in [0.1, 0.15) is 0 Å². The van der Waals surface area contributed by atoms with Crippen molar-refractivity contribution in [3.8, 4) is 5.88 Å². The molecule has 0 saturated carbocycles. The number of nitrogens with one attached hydrogen (secondary N) is 1. The molecule has 0 amide bonds. The van der Waals surface area contributed by atoms with E-state index in [-0.39, 0.29) is 11.8 Å². The first-order valence-corrected chi connectivity index (χ1v) is 6.56. The molecule has 1 aliphatic rings. The number of nitrogens with zero attached hydrogens (tertiary/aromatic N) is 3. The van der Waals surface area contributed by atoms with E-state index in [4.69, 9.17) is 15.9 Å². The van der Waals surface area contributed by atoms with E-state index in [9.17, 15) is 0 Å². The molecule has 3 N–H and O–H groups in total. The number of methoxy groups -OCH3 is 1. The van der Waals surface area contributed by atoms with E-state index >= 15 is 0 Å². The lowest BCUT2D eigenvalue weighted by Crippen LogP contribution is -2.39. The number of amidine groups is 1. The van der Waals surface area contributed by atoms with Gasteiger partial charge in [0, 0.05) is 19.0 Å². The standard InChI is InChI=1S/C11H16BrN5O/c1-18-10-8(12)6-15-11(16-10)17-4-2-7(3-5-17)9(13)14/h6-7H,2-5H2,1H3,(H3,13,14). The zero-order chi connectivity index (χ0) is 13.1. The Kier molecular flexibility index (Phi) is 4.00. The van der Waals surface area contributed by atoms with Crippen molar-refractivity contribution in [1.82, 2.24) is 9.97 Å². The molecular formula is C11H16BrN5O. The van der Waals surface area contributed by atoms with E-state index < -0.39 is 0 Å². The van der Waals surface area contributed by atoms with Gasteiger partial charge in [-0.2, -0.15) is 4.98 Å². The highest BCUT2D eigenvalue weighted by atomic mass is 79.9. The summed E-state index contributed by atoms with van der Waals surface area (Å²) in [4.78, 5) is 10.7. The van der Waals surface area contributed by atoms with Crippen LogP contribution in [-0.2, 0) is 0 Å². The normalized spacial score (nSPS) is 16.7. The van der Waals surface area contributed by atoms with Gasteiger partial charge in [-0.05, 0) is 28.8 Å².